The number of H-pyrrole nitrogens is 1. The number of halogens is 1. The number of aromatic nitrogens is 2. The summed E-state index contributed by atoms with van der Waals surface area (Å²) < 4.78 is 1.13. The van der Waals surface area contributed by atoms with Crippen LogP contribution < -0.4 is 5.32 Å². The lowest BCUT2D eigenvalue weighted by atomic mass is 10.1. The highest BCUT2D eigenvalue weighted by atomic mass is 79.9. The normalized spacial score (nSPS) is 19.9. The van der Waals surface area contributed by atoms with Gasteiger partial charge in [-0.2, -0.15) is 0 Å². The summed E-state index contributed by atoms with van der Waals surface area (Å²) >= 11 is 5.20. The third-order valence-electron chi connectivity index (χ3n) is 3.06. The van der Waals surface area contributed by atoms with Crippen molar-refractivity contribution in [1.29, 1.82) is 0 Å². The van der Waals surface area contributed by atoms with Crippen molar-refractivity contribution >= 4 is 27.3 Å². The van der Waals surface area contributed by atoms with E-state index in [1.54, 1.807) is 11.3 Å². The number of nitrogens with zero attached hydrogens (tertiary/aromatic N) is 1. The van der Waals surface area contributed by atoms with E-state index in [0.29, 0.717) is 6.04 Å². The molecule has 2 aromatic rings. The van der Waals surface area contributed by atoms with Gasteiger partial charge in [-0.1, -0.05) is 0 Å². The van der Waals surface area contributed by atoms with Crippen molar-refractivity contribution in [3.63, 3.8) is 0 Å². The van der Waals surface area contributed by atoms with Gasteiger partial charge >= 0.3 is 0 Å². The zero-order chi connectivity index (χ0) is 11.7. The summed E-state index contributed by atoms with van der Waals surface area (Å²) in [5, 5.41) is 5.58. The molecular formula is C12H14BrN3S. The largest absolute Gasteiger partial charge is 0.341 e. The fourth-order valence-corrected chi connectivity index (χ4v) is 3.60. The van der Waals surface area contributed by atoms with Crippen LogP contribution in [0, 0.1) is 0 Å². The predicted octanol–water partition coefficient (Wildman–Crippen LogP) is 3.20. The van der Waals surface area contributed by atoms with Crippen LogP contribution in [-0.2, 0) is 6.42 Å². The molecule has 0 spiro atoms. The van der Waals surface area contributed by atoms with E-state index in [1.165, 1.54) is 17.7 Å². The van der Waals surface area contributed by atoms with E-state index in [1.807, 2.05) is 6.20 Å². The molecule has 0 bridgehead atoms. The summed E-state index contributed by atoms with van der Waals surface area (Å²) in [6, 6.07) is 2.72. The Kier molecular flexibility index (Phi) is 3.31. The molecule has 0 aliphatic carbocycles. The molecule has 3 heterocycles. The molecule has 5 heteroatoms. The molecule has 0 amide bonds. The fraction of sp³-hybridized carbons (Fsp3) is 0.417. The van der Waals surface area contributed by atoms with Crippen molar-refractivity contribution in [1.82, 2.24) is 15.3 Å². The van der Waals surface area contributed by atoms with Crippen molar-refractivity contribution in [2.45, 2.75) is 25.3 Å². The molecule has 0 saturated carbocycles. The second kappa shape index (κ2) is 4.92. The van der Waals surface area contributed by atoms with Gasteiger partial charge in [0, 0.05) is 22.3 Å². The van der Waals surface area contributed by atoms with Crippen LogP contribution in [0.2, 0.25) is 0 Å². The van der Waals surface area contributed by atoms with Gasteiger partial charge in [0.2, 0.25) is 0 Å². The number of hydrogen-bond donors (Lipinski definition) is 2. The van der Waals surface area contributed by atoms with Crippen LogP contribution in [0.25, 0.3) is 10.6 Å². The highest BCUT2D eigenvalue weighted by Gasteiger charge is 2.16. The molecule has 2 N–H and O–H groups in total. The number of hydrogen-bond acceptors (Lipinski definition) is 3. The van der Waals surface area contributed by atoms with Gasteiger partial charge < -0.3 is 10.3 Å². The van der Waals surface area contributed by atoms with Crippen LogP contribution in [0.3, 0.4) is 0 Å². The van der Waals surface area contributed by atoms with Gasteiger partial charge in [-0.25, -0.2) is 4.98 Å². The maximum Gasteiger partial charge on any atom is 0.108 e. The molecule has 3 nitrogen and oxygen atoms in total. The van der Waals surface area contributed by atoms with Gasteiger partial charge in [0.05, 0.1) is 16.8 Å². The summed E-state index contributed by atoms with van der Waals surface area (Å²) in [5.74, 6) is 1.09. The van der Waals surface area contributed by atoms with Crippen LogP contribution in [0.1, 0.15) is 18.7 Å². The summed E-state index contributed by atoms with van der Waals surface area (Å²) in [5.41, 5.74) is 1.12. The van der Waals surface area contributed by atoms with Crippen molar-refractivity contribution in [3.05, 3.63) is 27.9 Å². The zero-order valence-electron chi connectivity index (χ0n) is 9.37. The monoisotopic (exact) mass is 311 g/mol. The molecule has 0 radical (unpaired) electrons. The molecule has 17 heavy (non-hydrogen) atoms. The molecular weight excluding hydrogens is 298 g/mol. The van der Waals surface area contributed by atoms with Gasteiger partial charge in [0.1, 0.15) is 5.82 Å². The summed E-state index contributed by atoms with van der Waals surface area (Å²) in [7, 11) is 0. The molecule has 90 valence electrons. The topological polar surface area (TPSA) is 40.7 Å². The van der Waals surface area contributed by atoms with Crippen LogP contribution in [-0.4, -0.2) is 22.6 Å². The third-order valence-corrected chi connectivity index (χ3v) is 4.79. The molecule has 1 atom stereocenters. The maximum absolute atomic E-state index is 4.46. The molecule has 1 aliphatic heterocycles. The van der Waals surface area contributed by atoms with Crippen LogP contribution >= 0.6 is 27.3 Å². The van der Waals surface area contributed by atoms with E-state index in [4.69, 9.17) is 0 Å². The Hall–Kier alpha value is -0.650. The summed E-state index contributed by atoms with van der Waals surface area (Å²) in [4.78, 5) is 9.10. The highest BCUT2D eigenvalue weighted by molar-refractivity contribution is 9.10. The van der Waals surface area contributed by atoms with E-state index in [0.717, 1.165) is 29.0 Å². The number of imidazole rings is 1. The Morgan fingerprint density at radius 1 is 1.53 bits per heavy atom. The van der Waals surface area contributed by atoms with Crippen molar-refractivity contribution in [2.24, 2.45) is 0 Å². The SMILES string of the molecule is Brc1csc(-c2cnc(CC3CCCN3)[nH]2)c1. The van der Waals surface area contributed by atoms with Gasteiger partial charge in [0.25, 0.3) is 0 Å². The maximum atomic E-state index is 4.46. The lowest BCUT2D eigenvalue weighted by molar-refractivity contribution is 0.589. The standard InChI is InChI=1S/C12H14BrN3S/c13-8-4-11(17-7-8)10-6-15-12(16-10)5-9-2-1-3-14-9/h4,6-7,9,14H,1-3,5H2,(H,15,16). The first-order valence-electron chi connectivity index (χ1n) is 5.83. The smallest absolute Gasteiger partial charge is 0.108 e. The Labute approximate surface area is 113 Å². The summed E-state index contributed by atoms with van der Waals surface area (Å²) in [6.07, 6.45) is 5.49. The van der Waals surface area contributed by atoms with Crippen LogP contribution in [0.5, 0.6) is 0 Å². The lowest BCUT2D eigenvalue weighted by Crippen LogP contribution is -2.24. The van der Waals surface area contributed by atoms with E-state index >= 15 is 0 Å². The van der Waals surface area contributed by atoms with E-state index in [9.17, 15) is 0 Å². The fourth-order valence-electron chi connectivity index (χ4n) is 2.21. The Morgan fingerprint density at radius 3 is 3.18 bits per heavy atom. The average Bonchev–Trinajstić information content (AvgIpc) is 2.99. The minimum absolute atomic E-state index is 0.601. The first-order chi connectivity index (χ1) is 8.31. The zero-order valence-corrected chi connectivity index (χ0v) is 11.8. The van der Waals surface area contributed by atoms with Gasteiger partial charge in [-0.3, -0.25) is 0 Å². The third kappa shape index (κ3) is 2.61. The first kappa shape index (κ1) is 11.4. The molecule has 1 aliphatic rings. The Morgan fingerprint density at radius 2 is 2.47 bits per heavy atom. The van der Waals surface area contributed by atoms with Crippen LogP contribution in [0.4, 0.5) is 0 Å². The molecule has 1 unspecified atom stereocenters. The molecule has 1 saturated heterocycles. The van der Waals surface area contributed by atoms with Crippen LogP contribution in [0.15, 0.2) is 22.1 Å². The lowest BCUT2D eigenvalue weighted by Gasteiger charge is -2.06. The van der Waals surface area contributed by atoms with Crippen molar-refractivity contribution < 1.29 is 0 Å². The second-order valence-electron chi connectivity index (χ2n) is 4.37. The average molecular weight is 312 g/mol. The quantitative estimate of drug-likeness (QED) is 0.914. The molecule has 0 aromatic carbocycles. The number of thiophene rings is 1. The number of nitrogens with one attached hydrogen (secondary N) is 2. The minimum Gasteiger partial charge on any atom is -0.341 e. The summed E-state index contributed by atoms with van der Waals surface area (Å²) in [6.45, 7) is 1.15. The van der Waals surface area contributed by atoms with E-state index < -0.39 is 0 Å². The van der Waals surface area contributed by atoms with E-state index in [2.05, 4.69) is 42.7 Å². The number of aromatic amines is 1. The highest BCUT2D eigenvalue weighted by Crippen LogP contribution is 2.28. The Bertz CT molecular complexity index is 499. The molecule has 3 rings (SSSR count). The predicted molar refractivity (Wildman–Crippen MR) is 74.3 cm³/mol. The first-order valence-corrected chi connectivity index (χ1v) is 7.50. The van der Waals surface area contributed by atoms with Crippen molar-refractivity contribution in [3.8, 4) is 10.6 Å². The van der Waals surface area contributed by atoms with Crippen molar-refractivity contribution in [2.75, 3.05) is 6.54 Å². The van der Waals surface area contributed by atoms with Gasteiger partial charge in [0.15, 0.2) is 0 Å². The minimum atomic E-state index is 0.601. The van der Waals surface area contributed by atoms with Gasteiger partial charge in [-0.15, -0.1) is 11.3 Å². The Balaban J connectivity index is 1.73. The second-order valence-corrected chi connectivity index (χ2v) is 6.20. The number of rotatable bonds is 3. The molecule has 1 fully saturated rings. The van der Waals surface area contributed by atoms with E-state index in [-0.39, 0.29) is 0 Å². The van der Waals surface area contributed by atoms with Gasteiger partial charge in [-0.05, 0) is 41.4 Å². The molecule has 2 aromatic heterocycles.